The Labute approximate surface area is 128 Å². The van der Waals surface area contributed by atoms with Crippen LogP contribution in [0.5, 0.6) is 0 Å². The third kappa shape index (κ3) is 4.21. The lowest BCUT2D eigenvalue weighted by Gasteiger charge is -2.18. The normalized spacial score (nSPS) is 22.2. The number of nitrogens with zero attached hydrogens (tertiary/aromatic N) is 1. The standard InChI is InChI=1S/C15H21BrN2O2/c1-10(19)7-8-18(2)15(20)17-14-9-13(14)11-3-5-12(16)6-4-11/h3-6,10,13-14,19H,7-9H2,1-2H3,(H,17,20)/t10-,13+,14-/m0/s1. The first kappa shape index (κ1) is 15.3. The Kier molecular flexibility index (Phi) is 5.05. The fraction of sp³-hybridized carbons (Fsp3) is 0.533. The molecule has 0 aromatic heterocycles. The van der Waals surface area contributed by atoms with Crippen molar-refractivity contribution >= 4 is 22.0 Å². The van der Waals surface area contributed by atoms with Crippen LogP contribution < -0.4 is 5.32 Å². The monoisotopic (exact) mass is 340 g/mol. The van der Waals surface area contributed by atoms with Crippen LogP contribution in [0.1, 0.15) is 31.2 Å². The second kappa shape index (κ2) is 6.59. The van der Waals surface area contributed by atoms with E-state index in [2.05, 4.69) is 33.4 Å². The van der Waals surface area contributed by atoms with E-state index in [9.17, 15) is 9.90 Å². The van der Waals surface area contributed by atoms with Gasteiger partial charge >= 0.3 is 6.03 Å². The number of carbonyl (C=O) groups excluding carboxylic acids is 1. The number of hydrogen-bond donors (Lipinski definition) is 2. The number of aliphatic hydroxyl groups is 1. The van der Waals surface area contributed by atoms with Crippen LogP contribution >= 0.6 is 15.9 Å². The number of urea groups is 1. The van der Waals surface area contributed by atoms with Gasteiger partial charge in [0.05, 0.1) is 6.10 Å². The van der Waals surface area contributed by atoms with Gasteiger partial charge in [-0.3, -0.25) is 0 Å². The number of aliphatic hydroxyl groups excluding tert-OH is 1. The molecule has 20 heavy (non-hydrogen) atoms. The van der Waals surface area contributed by atoms with Gasteiger partial charge in [0.2, 0.25) is 0 Å². The summed E-state index contributed by atoms with van der Waals surface area (Å²) in [7, 11) is 1.76. The van der Waals surface area contributed by atoms with Crippen LogP contribution in [-0.4, -0.2) is 41.8 Å². The molecule has 110 valence electrons. The number of halogens is 1. The molecule has 0 radical (unpaired) electrons. The summed E-state index contributed by atoms with van der Waals surface area (Å²) in [5.74, 6) is 0.428. The van der Waals surface area contributed by atoms with Crippen LogP contribution in [-0.2, 0) is 0 Å². The topological polar surface area (TPSA) is 52.6 Å². The SMILES string of the molecule is C[C@H](O)CCN(C)C(=O)N[C@H]1C[C@@H]1c1ccc(Br)cc1. The molecule has 0 bridgehead atoms. The largest absolute Gasteiger partial charge is 0.393 e. The molecule has 0 aliphatic heterocycles. The van der Waals surface area contributed by atoms with Crippen LogP contribution in [0, 0.1) is 0 Å². The number of hydrogen-bond acceptors (Lipinski definition) is 2. The summed E-state index contributed by atoms with van der Waals surface area (Å²) in [5, 5.41) is 12.3. The summed E-state index contributed by atoms with van der Waals surface area (Å²) in [6.07, 6.45) is 1.23. The van der Waals surface area contributed by atoms with E-state index in [0.29, 0.717) is 18.9 Å². The maximum Gasteiger partial charge on any atom is 0.317 e. The number of rotatable bonds is 5. The summed E-state index contributed by atoms with van der Waals surface area (Å²) in [4.78, 5) is 13.6. The van der Waals surface area contributed by atoms with Gasteiger partial charge in [-0.2, -0.15) is 0 Å². The van der Waals surface area contributed by atoms with Gasteiger partial charge in [-0.1, -0.05) is 28.1 Å². The van der Waals surface area contributed by atoms with E-state index < -0.39 is 0 Å². The molecule has 0 spiro atoms. The molecular weight excluding hydrogens is 320 g/mol. The lowest BCUT2D eigenvalue weighted by molar-refractivity contribution is 0.163. The average Bonchev–Trinajstić information content (AvgIpc) is 3.15. The second-order valence-corrected chi connectivity index (χ2v) is 6.42. The van der Waals surface area contributed by atoms with Crippen molar-refractivity contribution in [1.29, 1.82) is 0 Å². The maximum atomic E-state index is 12.0. The van der Waals surface area contributed by atoms with Gasteiger partial charge in [0.25, 0.3) is 0 Å². The van der Waals surface area contributed by atoms with E-state index in [1.165, 1.54) is 5.56 Å². The predicted octanol–water partition coefficient (Wildman–Crippen LogP) is 2.72. The van der Waals surface area contributed by atoms with Crippen LogP contribution in [0.25, 0.3) is 0 Å². The summed E-state index contributed by atoms with van der Waals surface area (Å²) < 4.78 is 1.07. The summed E-state index contributed by atoms with van der Waals surface area (Å²) >= 11 is 3.42. The molecule has 1 aromatic rings. The highest BCUT2D eigenvalue weighted by molar-refractivity contribution is 9.10. The predicted molar refractivity (Wildman–Crippen MR) is 82.7 cm³/mol. The van der Waals surface area contributed by atoms with E-state index in [4.69, 9.17) is 0 Å². The Hall–Kier alpha value is -1.07. The quantitative estimate of drug-likeness (QED) is 0.865. The van der Waals surface area contributed by atoms with E-state index in [1.807, 2.05) is 12.1 Å². The first-order valence-electron chi connectivity index (χ1n) is 6.92. The highest BCUT2D eigenvalue weighted by Crippen LogP contribution is 2.41. The van der Waals surface area contributed by atoms with Crippen molar-refractivity contribution in [2.45, 2.75) is 37.8 Å². The van der Waals surface area contributed by atoms with E-state index in [1.54, 1.807) is 18.9 Å². The van der Waals surface area contributed by atoms with Crippen molar-refractivity contribution in [3.8, 4) is 0 Å². The second-order valence-electron chi connectivity index (χ2n) is 5.51. The molecule has 0 saturated heterocycles. The van der Waals surface area contributed by atoms with Crippen molar-refractivity contribution in [3.63, 3.8) is 0 Å². The smallest absolute Gasteiger partial charge is 0.317 e. The Morgan fingerprint density at radius 2 is 2.15 bits per heavy atom. The lowest BCUT2D eigenvalue weighted by Crippen LogP contribution is -2.40. The minimum Gasteiger partial charge on any atom is -0.393 e. The van der Waals surface area contributed by atoms with Crippen LogP contribution in [0.2, 0.25) is 0 Å². The van der Waals surface area contributed by atoms with Gasteiger partial charge in [0.1, 0.15) is 0 Å². The highest BCUT2D eigenvalue weighted by Gasteiger charge is 2.39. The Morgan fingerprint density at radius 1 is 1.50 bits per heavy atom. The molecule has 4 nitrogen and oxygen atoms in total. The van der Waals surface area contributed by atoms with Gasteiger partial charge < -0.3 is 15.3 Å². The van der Waals surface area contributed by atoms with Crippen molar-refractivity contribution in [2.75, 3.05) is 13.6 Å². The zero-order chi connectivity index (χ0) is 14.7. The third-order valence-electron chi connectivity index (χ3n) is 3.63. The summed E-state index contributed by atoms with van der Waals surface area (Å²) in [5.41, 5.74) is 1.27. The first-order chi connectivity index (χ1) is 9.47. The fourth-order valence-corrected chi connectivity index (χ4v) is 2.45. The molecule has 1 aliphatic rings. The van der Waals surface area contributed by atoms with Gasteiger partial charge in [0, 0.05) is 30.0 Å². The number of benzene rings is 1. The van der Waals surface area contributed by atoms with Crippen LogP contribution in [0.3, 0.4) is 0 Å². The van der Waals surface area contributed by atoms with Crippen LogP contribution in [0.15, 0.2) is 28.7 Å². The molecule has 0 unspecified atom stereocenters. The van der Waals surface area contributed by atoms with Gasteiger partial charge in [-0.25, -0.2) is 4.79 Å². The zero-order valence-corrected chi connectivity index (χ0v) is 13.4. The van der Waals surface area contributed by atoms with Crippen molar-refractivity contribution < 1.29 is 9.90 Å². The first-order valence-corrected chi connectivity index (χ1v) is 7.72. The van der Waals surface area contributed by atoms with Gasteiger partial charge in [0.15, 0.2) is 0 Å². The summed E-state index contributed by atoms with van der Waals surface area (Å²) in [6, 6.07) is 8.42. The number of carbonyl (C=O) groups is 1. The van der Waals surface area contributed by atoms with E-state index >= 15 is 0 Å². The molecule has 2 rings (SSSR count). The lowest BCUT2D eigenvalue weighted by atomic mass is 10.1. The van der Waals surface area contributed by atoms with E-state index in [-0.39, 0.29) is 18.2 Å². The molecule has 2 N–H and O–H groups in total. The minimum atomic E-state index is -0.373. The minimum absolute atomic E-state index is 0.0599. The Balaban J connectivity index is 1.78. The van der Waals surface area contributed by atoms with Crippen molar-refractivity contribution in [1.82, 2.24) is 10.2 Å². The summed E-state index contributed by atoms with van der Waals surface area (Å²) in [6.45, 7) is 2.30. The molecule has 1 aliphatic carbocycles. The molecule has 1 saturated carbocycles. The third-order valence-corrected chi connectivity index (χ3v) is 4.16. The van der Waals surface area contributed by atoms with Gasteiger partial charge in [-0.15, -0.1) is 0 Å². The Morgan fingerprint density at radius 3 is 2.75 bits per heavy atom. The van der Waals surface area contributed by atoms with E-state index in [0.717, 1.165) is 10.9 Å². The molecule has 2 amide bonds. The molecule has 0 heterocycles. The molecule has 5 heteroatoms. The number of amides is 2. The van der Waals surface area contributed by atoms with Crippen LogP contribution in [0.4, 0.5) is 4.79 Å². The molecule has 1 fully saturated rings. The van der Waals surface area contributed by atoms with Crippen molar-refractivity contribution in [2.24, 2.45) is 0 Å². The number of nitrogens with one attached hydrogen (secondary N) is 1. The highest BCUT2D eigenvalue weighted by atomic mass is 79.9. The zero-order valence-electron chi connectivity index (χ0n) is 11.8. The maximum absolute atomic E-state index is 12.0. The van der Waals surface area contributed by atoms with Gasteiger partial charge in [-0.05, 0) is 37.5 Å². The Bertz CT molecular complexity index is 461. The molecule has 1 aromatic carbocycles. The average molecular weight is 341 g/mol. The molecular formula is C15H21BrN2O2. The molecule has 3 atom stereocenters. The fourth-order valence-electron chi connectivity index (χ4n) is 2.18. The van der Waals surface area contributed by atoms with Crippen molar-refractivity contribution in [3.05, 3.63) is 34.3 Å².